The predicted molar refractivity (Wildman–Crippen MR) is 89.5 cm³/mol. The van der Waals surface area contributed by atoms with E-state index in [0.717, 1.165) is 38.3 Å². The zero-order chi connectivity index (χ0) is 15.3. The Labute approximate surface area is 130 Å². The lowest BCUT2D eigenvalue weighted by atomic mass is 9.80. The summed E-state index contributed by atoms with van der Waals surface area (Å²) in [5, 5.41) is 8.50. The van der Waals surface area contributed by atoms with Gasteiger partial charge >= 0.3 is 0 Å². The minimum absolute atomic E-state index is 0.377. The Hall–Kier alpha value is -0.830. The van der Waals surface area contributed by atoms with E-state index in [1.165, 1.54) is 25.0 Å². The number of nitrogens with one attached hydrogen (secondary N) is 1. The van der Waals surface area contributed by atoms with Gasteiger partial charge in [-0.2, -0.15) is 5.10 Å². The van der Waals surface area contributed by atoms with Crippen LogP contribution >= 0.6 is 0 Å². The van der Waals surface area contributed by atoms with Crippen molar-refractivity contribution in [1.29, 1.82) is 0 Å². The maximum absolute atomic E-state index is 4.86. The van der Waals surface area contributed by atoms with Gasteiger partial charge in [-0.15, -0.1) is 0 Å². The SMILES string of the molecule is CCCNCC(C)(Cc1ccn(C(CC)CC)n1)C1CC1. The molecule has 1 aliphatic rings. The van der Waals surface area contributed by atoms with Crippen LogP contribution in [-0.4, -0.2) is 22.9 Å². The third-order valence-corrected chi connectivity index (χ3v) is 5.08. The Morgan fingerprint density at radius 3 is 2.62 bits per heavy atom. The standard InChI is InChI=1S/C18H33N3/c1-5-11-19-14-18(4,15-8-9-15)13-16-10-12-21(20-16)17(6-2)7-3/h10,12,15,17,19H,5-9,11,13-14H2,1-4H3. The average Bonchev–Trinajstić information content (AvgIpc) is 3.24. The van der Waals surface area contributed by atoms with Crippen LogP contribution in [0.3, 0.4) is 0 Å². The van der Waals surface area contributed by atoms with Gasteiger partial charge in [0.25, 0.3) is 0 Å². The first kappa shape index (κ1) is 16.5. The Balaban J connectivity index is 2.00. The van der Waals surface area contributed by atoms with E-state index in [9.17, 15) is 0 Å². The molecule has 0 amide bonds. The number of hydrogen-bond donors (Lipinski definition) is 1. The van der Waals surface area contributed by atoms with Crippen molar-refractivity contribution in [2.75, 3.05) is 13.1 Å². The van der Waals surface area contributed by atoms with Gasteiger partial charge in [0.1, 0.15) is 0 Å². The molecule has 1 unspecified atom stereocenters. The average molecular weight is 291 g/mol. The first-order chi connectivity index (χ1) is 10.1. The molecule has 3 heteroatoms. The summed E-state index contributed by atoms with van der Waals surface area (Å²) in [6, 6.07) is 2.79. The molecule has 0 spiro atoms. The van der Waals surface area contributed by atoms with Gasteiger partial charge < -0.3 is 5.32 Å². The first-order valence-electron chi connectivity index (χ1n) is 8.87. The van der Waals surface area contributed by atoms with E-state index >= 15 is 0 Å². The lowest BCUT2D eigenvalue weighted by molar-refractivity contribution is 0.252. The summed E-state index contributed by atoms with van der Waals surface area (Å²) < 4.78 is 2.18. The van der Waals surface area contributed by atoms with E-state index in [2.05, 4.69) is 50.0 Å². The second-order valence-corrected chi connectivity index (χ2v) is 7.04. The number of rotatable bonds is 10. The maximum atomic E-state index is 4.86. The number of hydrogen-bond acceptors (Lipinski definition) is 2. The molecule has 0 saturated heterocycles. The zero-order valence-corrected chi connectivity index (χ0v) is 14.4. The molecule has 0 aliphatic heterocycles. The Bertz CT molecular complexity index is 418. The van der Waals surface area contributed by atoms with Crippen molar-refractivity contribution in [2.45, 2.75) is 72.3 Å². The van der Waals surface area contributed by atoms with Gasteiger partial charge in [-0.25, -0.2) is 0 Å². The molecule has 3 nitrogen and oxygen atoms in total. The highest BCUT2D eigenvalue weighted by molar-refractivity contribution is 5.07. The van der Waals surface area contributed by atoms with Gasteiger partial charge in [0.15, 0.2) is 0 Å². The quantitative estimate of drug-likeness (QED) is 0.655. The van der Waals surface area contributed by atoms with E-state index in [1.54, 1.807) is 0 Å². The highest BCUT2D eigenvalue weighted by atomic mass is 15.3. The Kier molecular flexibility index (Phi) is 5.86. The van der Waals surface area contributed by atoms with Gasteiger partial charge in [-0.1, -0.05) is 27.7 Å². The molecule has 1 fully saturated rings. The van der Waals surface area contributed by atoms with Crippen LogP contribution in [0.2, 0.25) is 0 Å². The fourth-order valence-electron chi connectivity index (χ4n) is 3.43. The molecule has 0 bridgehead atoms. The van der Waals surface area contributed by atoms with Gasteiger partial charge in [-0.05, 0) is 62.5 Å². The van der Waals surface area contributed by atoms with Crippen LogP contribution in [0.25, 0.3) is 0 Å². The van der Waals surface area contributed by atoms with Crippen LogP contribution in [0.5, 0.6) is 0 Å². The van der Waals surface area contributed by atoms with Gasteiger partial charge in [0.2, 0.25) is 0 Å². The molecule has 0 radical (unpaired) electrons. The molecule has 120 valence electrons. The summed E-state index contributed by atoms with van der Waals surface area (Å²) in [4.78, 5) is 0. The van der Waals surface area contributed by atoms with E-state index in [-0.39, 0.29) is 0 Å². The minimum Gasteiger partial charge on any atom is -0.316 e. The molecule has 1 aliphatic carbocycles. The van der Waals surface area contributed by atoms with Crippen LogP contribution in [0.15, 0.2) is 12.3 Å². The molecule has 1 heterocycles. The molecule has 1 atom stereocenters. The summed E-state index contributed by atoms with van der Waals surface area (Å²) in [5.41, 5.74) is 1.65. The monoisotopic (exact) mass is 291 g/mol. The van der Waals surface area contributed by atoms with Gasteiger partial charge in [0.05, 0.1) is 11.7 Å². The molecular formula is C18H33N3. The van der Waals surface area contributed by atoms with E-state index in [0.29, 0.717) is 11.5 Å². The molecule has 1 aromatic heterocycles. The fourth-order valence-corrected chi connectivity index (χ4v) is 3.43. The topological polar surface area (TPSA) is 29.9 Å². The minimum atomic E-state index is 0.377. The molecule has 1 saturated carbocycles. The van der Waals surface area contributed by atoms with Crippen molar-refractivity contribution < 1.29 is 0 Å². The summed E-state index contributed by atoms with van der Waals surface area (Å²) in [6.45, 7) is 11.4. The number of nitrogens with zero attached hydrogens (tertiary/aromatic N) is 2. The molecule has 1 aromatic rings. The number of aromatic nitrogens is 2. The Morgan fingerprint density at radius 2 is 2.05 bits per heavy atom. The molecule has 0 aromatic carbocycles. The predicted octanol–water partition coefficient (Wildman–Crippen LogP) is 4.20. The molecule has 2 rings (SSSR count). The van der Waals surface area contributed by atoms with Crippen molar-refractivity contribution in [2.24, 2.45) is 11.3 Å². The maximum Gasteiger partial charge on any atom is 0.0630 e. The van der Waals surface area contributed by atoms with Crippen molar-refractivity contribution >= 4 is 0 Å². The van der Waals surface area contributed by atoms with Gasteiger partial charge in [0, 0.05) is 12.7 Å². The van der Waals surface area contributed by atoms with Crippen molar-refractivity contribution in [3.05, 3.63) is 18.0 Å². The Morgan fingerprint density at radius 1 is 1.33 bits per heavy atom. The molecule has 1 N–H and O–H groups in total. The highest BCUT2D eigenvalue weighted by Crippen LogP contribution is 2.46. The summed E-state index contributed by atoms with van der Waals surface area (Å²) in [7, 11) is 0. The third-order valence-electron chi connectivity index (χ3n) is 5.08. The first-order valence-corrected chi connectivity index (χ1v) is 8.87. The largest absolute Gasteiger partial charge is 0.316 e. The summed E-state index contributed by atoms with van der Waals surface area (Å²) >= 11 is 0. The van der Waals surface area contributed by atoms with Crippen molar-refractivity contribution in [3.63, 3.8) is 0 Å². The van der Waals surface area contributed by atoms with Crippen molar-refractivity contribution in [1.82, 2.24) is 15.1 Å². The second kappa shape index (κ2) is 7.44. The lowest BCUT2D eigenvalue weighted by Gasteiger charge is -2.29. The van der Waals surface area contributed by atoms with E-state index in [4.69, 9.17) is 5.10 Å². The summed E-state index contributed by atoms with van der Waals surface area (Å²) in [5.74, 6) is 0.889. The smallest absolute Gasteiger partial charge is 0.0630 e. The lowest BCUT2D eigenvalue weighted by Crippen LogP contribution is -2.36. The molecular weight excluding hydrogens is 258 g/mol. The van der Waals surface area contributed by atoms with Crippen LogP contribution in [0.4, 0.5) is 0 Å². The zero-order valence-electron chi connectivity index (χ0n) is 14.4. The third kappa shape index (κ3) is 4.32. The van der Waals surface area contributed by atoms with E-state index in [1.807, 2.05) is 0 Å². The fraction of sp³-hybridized carbons (Fsp3) is 0.833. The van der Waals surface area contributed by atoms with E-state index < -0.39 is 0 Å². The van der Waals surface area contributed by atoms with Crippen LogP contribution in [-0.2, 0) is 6.42 Å². The van der Waals surface area contributed by atoms with Crippen LogP contribution in [0.1, 0.15) is 71.5 Å². The van der Waals surface area contributed by atoms with Crippen molar-refractivity contribution in [3.8, 4) is 0 Å². The van der Waals surface area contributed by atoms with Gasteiger partial charge in [-0.3, -0.25) is 4.68 Å². The van der Waals surface area contributed by atoms with Crippen LogP contribution < -0.4 is 5.32 Å². The summed E-state index contributed by atoms with van der Waals surface area (Å²) in [6.07, 6.45) is 9.63. The highest BCUT2D eigenvalue weighted by Gasteiger charge is 2.41. The normalized spacial score (nSPS) is 18.1. The molecule has 21 heavy (non-hydrogen) atoms. The van der Waals surface area contributed by atoms with Crippen LogP contribution in [0, 0.1) is 11.3 Å². The second-order valence-electron chi connectivity index (χ2n) is 7.04.